The molecule has 2 aromatic heterocycles. The van der Waals surface area contributed by atoms with Gasteiger partial charge in [0.15, 0.2) is 0 Å². The van der Waals surface area contributed by atoms with Crippen molar-refractivity contribution >= 4 is 81.9 Å². The van der Waals surface area contributed by atoms with Crippen LogP contribution in [0.25, 0.3) is 45.6 Å². The molecule has 8 rings (SSSR count). The summed E-state index contributed by atoms with van der Waals surface area (Å²) in [5, 5.41) is 2.34. The largest absolute Gasteiger partial charge is 0.147 e. The van der Waals surface area contributed by atoms with Gasteiger partial charge >= 0.3 is 368 Å². The van der Waals surface area contributed by atoms with E-state index in [0.29, 0.717) is 0 Å². The summed E-state index contributed by atoms with van der Waals surface area (Å²) in [4.78, 5) is 0. The van der Waals surface area contributed by atoms with Gasteiger partial charge in [-0.05, 0) is 0 Å². The van der Waals surface area contributed by atoms with Crippen LogP contribution < -0.4 is 10.8 Å². The average molecular weight is 996 g/mol. The Balaban J connectivity index is 0.00000321. The summed E-state index contributed by atoms with van der Waals surface area (Å²) in [6.07, 6.45) is 5.13. The number of fused-ring (bicyclic) bond motifs is 2. The van der Waals surface area contributed by atoms with Crippen molar-refractivity contribution in [1.82, 2.24) is 0 Å². The predicted octanol–water partition coefficient (Wildman–Crippen LogP) is 14.8. The van der Waals surface area contributed by atoms with Crippen LogP contribution in [0.15, 0.2) is 81.6 Å². The second kappa shape index (κ2) is 16.5. The minimum atomic E-state index is -4.34. The molecule has 0 saturated heterocycles. The number of hydrogen-bond donors (Lipinski definition) is 0. The molecule has 62 heavy (non-hydrogen) atoms. The zero-order valence-corrected chi connectivity index (χ0v) is 47.6. The van der Waals surface area contributed by atoms with Crippen molar-refractivity contribution < 1.29 is 26.2 Å². The minimum absolute atomic E-state index is 0. The standard InChI is InChI=1S/2C26H29OSi.2CH3.2ClH.H2Si.Zr/c2*1-16-10-17(2)12-22(11-16)26-19(4)18(3)13-20-14-21(15-23(20)26)24-8-9-25(27-24)28(5,6)7;;;;;;/h2*8-15H,1-7H3;2*1H3;2*1H;1H2;. The molecule has 0 N–H and O–H groups in total. The quantitative estimate of drug-likeness (QED) is 0.142. The van der Waals surface area contributed by atoms with E-state index in [9.17, 15) is 0 Å². The number of aryl methyl sites for hydroxylation is 6. The van der Waals surface area contributed by atoms with Gasteiger partial charge in [-0.3, -0.25) is 0 Å². The predicted molar refractivity (Wildman–Crippen MR) is 281 cm³/mol. The summed E-state index contributed by atoms with van der Waals surface area (Å²) in [5.74, 6) is 2.09. The van der Waals surface area contributed by atoms with Crippen LogP contribution in [0, 0.1) is 55.4 Å². The van der Waals surface area contributed by atoms with Crippen LogP contribution in [-0.2, 0) is 17.4 Å². The molecule has 0 radical (unpaired) electrons. The number of rotatable bonds is 8. The Morgan fingerprint density at radius 1 is 0.484 bits per heavy atom. The molecule has 2 aliphatic carbocycles. The van der Waals surface area contributed by atoms with E-state index in [1.807, 2.05) is 0 Å². The summed E-state index contributed by atoms with van der Waals surface area (Å²) in [5.41, 5.74) is 24.5. The number of allylic oxidation sites excluding steroid dienone is 2. The van der Waals surface area contributed by atoms with Crippen molar-refractivity contribution in [3.8, 4) is 22.3 Å². The molecule has 6 aromatic rings. The molecule has 0 aliphatic heterocycles. The molecule has 2 heterocycles. The first-order chi connectivity index (χ1) is 27.8. The number of halogens is 2. The van der Waals surface area contributed by atoms with Gasteiger partial charge in [0.05, 0.1) is 0 Å². The van der Waals surface area contributed by atoms with E-state index >= 15 is 0 Å². The van der Waals surface area contributed by atoms with Crippen LogP contribution in [0.4, 0.5) is 0 Å². The maximum absolute atomic E-state index is 7.10. The molecule has 0 bridgehead atoms. The van der Waals surface area contributed by atoms with Gasteiger partial charge in [-0.1, -0.05) is 0 Å². The third kappa shape index (κ3) is 8.28. The van der Waals surface area contributed by atoms with Crippen molar-refractivity contribution in [3.63, 3.8) is 0 Å². The Kier molecular flexibility index (Phi) is 12.9. The molecule has 2 aliphatic rings. The van der Waals surface area contributed by atoms with Crippen LogP contribution in [0.1, 0.15) is 85.5 Å². The van der Waals surface area contributed by atoms with Crippen molar-refractivity contribution in [3.05, 3.63) is 151 Å². The van der Waals surface area contributed by atoms with E-state index in [4.69, 9.17) is 8.83 Å². The Morgan fingerprint density at radius 2 is 0.806 bits per heavy atom. The molecule has 0 amide bonds. The average Bonchev–Trinajstić information content (AvgIpc) is 3.92. The van der Waals surface area contributed by atoms with Crippen LogP contribution >= 0.6 is 24.8 Å². The van der Waals surface area contributed by atoms with E-state index in [0.717, 1.165) is 11.5 Å². The molecule has 0 fully saturated rings. The van der Waals surface area contributed by atoms with Crippen molar-refractivity contribution in [1.29, 1.82) is 0 Å². The Hall–Kier alpha value is -2.97. The first kappa shape index (κ1) is 48.5. The van der Waals surface area contributed by atoms with Gasteiger partial charge in [0.2, 0.25) is 0 Å². The number of furan rings is 2. The van der Waals surface area contributed by atoms with Crippen LogP contribution in [-0.4, -0.2) is 23.0 Å². The summed E-state index contributed by atoms with van der Waals surface area (Å²) in [6.45, 7) is 35.0. The van der Waals surface area contributed by atoms with E-state index in [1.165, 1.54) is 111 Å². The third-order valence-electron chi connectivity index (χ3n) is 13.9. The minimum Gasteiger partial charge on any atom is -0.147 e. The molecule has 8 heteroatoms. The zero-order valence-electron chi connectivity index (χ0n) is 40.1. The SMILES string of the molecule is Cc1cc(C)cc(-c2c(C)c(C)cc3c2C=C(c2ccc([Si](C)(C)C)o2)[CH]3[Zr]([CH3])([CH3])(=[SiH2])[CH]2C(c3ccc([Si](C)(C)C)o3)=Cc3c2cc(C)c(C)c3-c2cc(C)cc(C)c2)c1.Cl.Cl. The van der Waals surface area contributed by atoms with Crippen molar-refractivity contribution in [2.24, 2.45) is 0 Å². The molecular formula is C54H68Cl2O2Si3Zr. The third-order valence-corrected chi connectivity index (χ3v) is 34.6. The Morgan fingerprint density at radius 3 is 1.10 bits per heavy atom. The fourth-order valence-corrected chi connectivity index (χ4v) is 31.3. The maximum Gasteiger partial charge on any atom is -0.147 e. The van der Waals surface area contributed by atoms with E-state index < -0.39 is 33.5 Å². The van der Waals surface area contributed by atoms with E-state index in [2.05, 4.69) is 196 Å². The molecule has 2 nitrogen and oxygen atoms in total. The topological polar surface area (TPSA) is 26.3 Å². The summed E-state index contributed by atoms with van der Waals surface area (Å²) in [7, 11) is -3.43. The van der Waals surface area contributed by atoms with Crippen molar-refractivity contribution in [2.75, 3.05) is 0 Å². The Labute approximate surface area is 389 Å². The number of benzene rings is 4. The molecule has 2 atom stereocenters. The summed E-state index contributed by atoms with van der Waals surface area (Å²) < 4.78 is 20.1. The molecule has 0 spiro atoms. The van der Waals surface area contributed by atoms with Gasteiger partial charge in [-0.2, -0.15) is 0 Å². The molecule has 2 unspecified atom stereocenters. The Bertz CT molecular complexity index is 2690. The van der Waals surface area contributed by atoms with Gasteiger partial charge in [-0.15, -0.1) is 24.8 Å². The first-order valence-electron chi connectivity index (χ1n) is 22.0. The molecule has 326 valence electrons. The first-order valence-corrected chi connectivity index (χ1v) is 42.7. The van der Waals surface area contributed by atoms with Gasteiger partial charge in [-0.25, -0.2) is 0 Å². The van der Waals surface area contributed by atoms with Crippen LogP contribution in [0.3, 0.4) is 0 Å². The van der Waals surface area contributed by atoms with Crippen molar-refractivity contribution in [2.45, 2.75) is 111 Å². The monoisotopic (exact) mass is 992 g/mol. The second-order valence-corrected chi connectivity index (χ2v) is 62.4. The normalized spacial score (nSPS) is 16.3. The smallest absolute Gasteiger partial charge is 0.147 e. The summed E-state index contributed by atoms with van der Waals surface area (Å²) >= 11 is -4.34. The molecular weight excluding hydrogens is 927 g/mol. The molecule has 0 saturated carbocycles. The van der Waals surface area contributed by atoms with Gasteiger partial charge in [0.1, 0.15) is 0 Å². The fourth-order valence-electron chi connectivity index (χ4n) is 10.9. The van der Waals surface area contributed by atoms with Crippen LogP contribution in [0.5, 0.6) is 0 Å². The maximum atomic E-state index is 7.10. The van der Waals surface area contributed by atoms with Gasteiger partial charge < -0.3 is 0 Å². The van der Waals surface area contributed by atoms with E-state index in [-0.39, 0.29) is 32.1 Å². The zero-order chi connectivity index (χ0) is 43.6. The molecule has 4 aromatic carbocycles. The van der Waals surface area contributed by atoms with E-state index in [1.54, 1.807) is 0 Å². The van der Waals surface area contributed by atoms with Gasteiger partial charge in [0.25, 0.3) is 0 Å². The van der Waals surface area contributed by atoms with Gasteiger partial charge in [0, 0.05) is 0 Å². The second-order valence-electron chi connectivity index (χ2n) is 22.0. The number of hydrogen-bond acceptors (Lipinski definition) is 2. The fraction of sp³-hybridized carbons (Fsp3) is 0.333. The van der Waals surface area contributed by atoms with Crippen LogP contribution in [0.2, 0.25) is 48.5 Å². The summed E-state index contributed by atoms with van der Waals surface area (Å²) in [6, 6.07) is 28.5.